The van der Waals surface area contributed by atoms with Crippen LogP contribution in [-0.2, 0) is 17.6 Å². The van der Waals surface area contributed by atoms with Gasteiger partial charge in [-0.15, -0.1) is 0 Å². The fraction of sp³-hybridized carbons (Fsp3) is 0.364. The third-order valence-corrected chi connectivity index (χ3v) is 5.75. The van der Waals surface area contributed by atoms with Crippen molar-refractivity contribution in [1.29, 1.82) is 0 Å². The molecular formula is C22H27N3O3S. The Morgan fingerprint density at radius 1 is 1.07 bits per heavy atom. The number of carbonyl (C=O) groups excluding carboxylic acids is 2. The van der Waals surface area contributed by atoms with E-state index in [2.05, 4.69) is 10.6 Å². The number of nitrogens with one attached hydrogen (secondary N) is 2. The minimum Gasteiger partial charge on any atom is -0.496 e. The summed E-state index contributed by atoms with van der Waals surface area (Å²) in [6, 6.07) is 15.0. The van der Waals surface area contributed by atoms with Crippen molar-refractivity contribution in [1.82, 2.24) is 10.2 Å². The van der Waals surface area contributed by atoms with E-state index in [4.69, 9.17) is 4.74 Å². The van der Waals surface area contributed by atoms with E-state index in [0.29, 0.717) is 25.1 Å². The van der Waals surface area contributed by atoms with Crippen molar-refractivity contribution in [2.24, 2.45) is 0 Å². The van der Waals surface area contributed by atoms with Gasteiger partial charge in [0.1, 0.15) is 5.75 Å². The highest BCUT2D eigenvalue weighted by Crippen LogP contribution is 2.17. The minimum atomic E-state index is -0.255. The first-order valence-electron chi connectivity index (χ1n) is 9.77. The van der Waals surface area contributed by atoms with Crippen LogP contribution in [0.2, 0.25) is 0 Å². The number of benzene rings is 2. The van der Waals surface area contributed by atoms with E-state index in [1.54, 1.807) is 7.11 Å². The van der Waals surface area contributed by atoms with E-state index in [-0.39, 0.29) is 11.9 Å². The van der Waals surface area contributed by atoms with Crippen LogP contribution >= 0.6 is 11.8 Å². The molecule has 2 aromatic carbocycles. The highest BCUT2D eigenvalue weighted by atomic mass is 32.2. The topological polar surface area (TPSA) is 70.7 Å². The molecule has 0 aromatic heterocycles. The summed E-state index contributed by atoms with van der Waals surface area (Å²) in [6.07, 6.45) is 1.09. The van der Waals surface area contributed by atoms with Gasteiger partial charge in [-0.2, -0.15) is 11.8 Å². The third kappa shape index (κ3) is 6.42. The van der Waals surface area contributed by atoms with Crippen LogP contribution in [0.3, 0.4) is 0 Å². The summed E-state index contributed by atoms with van der Waals surface area (Å²) in [4.78, 5) is 26.4. The molecule has 0 aliphatic carbocycles. The van der Waals surface area contributed by atoms with Gasteiger partial charge < -0.3 is 20.3 Å². The molecule has 0 atom stereocenters. The smallest absolute Gasteiger partial charge is 0.319 e. The summed E-state index contributed by atoms with van der Waals surface area (Å²) >= 11 is 1.89. The number of carbonyl (C=O) groups is 2. The second-order valence-electron chi connectivity index (χ2n) is 6.81. The maximum absolute atomic E-state index is 12.3. The monoisotopic (exact) mass is 413 g/mol. The van der Waals surface area contributed by atoms with E-state index in [0.717, 1.165) is 41.5 Å². The first-order valence-corrected chi connectivity index (χ1v) is 10.9. The Hall–Kier alpha value is -2.67. The predicted molar refractivity (Wildman–Crippen MR) is 118 cm³/mol. The van der Waals surface area contributed by atoms with Crippen molar-refractivity contribution in [3.8, 4) is 5.75 Å². The molecule has 1 aliphatic heterocycles. The molecule has 2 aromatic rings. The molecule has 0 saturated carbocycles. The number of nitrogens with zero attached hydrogens (tertiary/aromatic N) is 1. The number of ether oxygens (including phenoxy) is 1. The summed E-state index contributed by atoms with van der Waals surface area (Å²) < 4.78 is 5.32. The molecule has 0 unspecified atom stereocenters. The maximum Gasteiger partial charge on any atom is 0.319 e. The van der Waals surface area contributed by atoms with Gasteiger partial charge in [-0.1, -0.05) is 30.3 Å². The van der Waals surface area contributed by atoms with Crippen molar-refractivity contribution in [3.05, 3.63) is 59.7 Å². The van der Waals surface area contributed by atoms with Crippen LogP contribution in [0.15, 0.2) is 48.5 Å². The number of thioether (sulfide) groups is 1. The molecule has 0 spiro atoms. The van der Waals surface area contributed by atoms with E-state index in [9.17, 15) is 9.59 Å². The molecule has 29 heavy (non-hydrogen) atoms. The van der Waals surface area contributed by atoms with Gasteiger partial charge in [-0.3, -0.25) is 4.79 Å². The van der Waals surface area contributed by atoms with E-state index in [1.165, 1.54) is 0 Å². The van der Waals surface area contributed by atoms with Crippen LogP contribution in [0.4, 0.5) is 10.5 Å². The molecule has 3 amide bonds. The van der Waals surface area contributed by atoms with E-state index < -0.39 is 0 Å². The fourth-order valence-corrected chi connectivity index (χ4v) is 4.10. The number of urea groups is 1. The van der Waals surface area contributed by atoms with Gasteiger partial charge in [0.25, 0.3) is 0 Å². The van der Waals surface area contributed by atoms with Crippen LogP contribution in [0.5, 0.6) is 5.75 Å². The van der Waals surface area contributed by atoms with Gasteiger partial charge in [0.15, 0.2) is 0 Å². The third-order valence-electron chi connectivity index (χ3n) is 4.80. The number of amides is 3. The standard InChI is InChI=1S/C22H27N3O3S/c1-28-20-5-3-2-4-18(20)10-11-23-22(27)24-19-8-6-17(7-9-19)16-21(26)25-12-14-29-15-13-25/h2-9H,10-16H2,1H3,(H2,23,24,27). The molecule has 2 N–H and O–H groups in total. The SMILES string of the molecule is COc1ccccc1CCNC(=O)Nc1ccc(CC(=O)N2CCSCC2)cc1. The van der Waals surface area contributed by atoms with Gasteiger partial charge in [0, 0.05) is 36.8 Å². The van der Waals surface area contributed by atoms with Crippen LogP contribution in [0.25, 0.3) is 0 Å². The predicted octanol–water partition coefficient (Wildman–Crippen LogP) is 3.18. The first-order chi connectivity index (χ1) is 14.2. The summed E-state index contributed by atoms with van der Waals surface area (Å²) in [5.74, 6) is 3.02. The van der Waals surface area contributed by atoms with Gasteiger partial charge in [-0.05, 0) is 35.7 Å². The van der Waals surface area contributed by atoms with Gasteiger partial charge in [0.2, 0.25) is 5.91 Å². The van der Waals surface area contributed by atoms with Crippen LogP contribution < -0.4 is 15.4 Å². The van der Waals surface area contributed by atoms with Crippen LogP contribution in [0.1, 0.15) is 11.1 Å². The summed E-state index contributed by atoms with van der Waals surface area (Å²) in [5.41, 5.74) is 2.71. The molecule has 7 heteroatoms. The molecule has 3 rings (SSSR count). The van der Waals surface area contributed by atoms with Gasteiger partial charge in [-0.25, -0.2) is 4.79 Å². The Morgan fingerprint density at radius 2 is 1.79 bits per heavy atom. The van der Waals surface area contributed by atoms with Crippen molar-refractivity contribution >= 4 is 29.4 Å². The Kier molecular flexibility index (Phi) is 7.81. The number of para-hydroxylation sites is 1. The van der Waals surface area contributed by atoms with Crippen molar-refractivity contribution in [2.75, 3.05) is 43.6 Å². The molecule has 154 valence electrons. The molecule has 1 heterocycles. The largest absolute Gasteiger partial charge is 0.496 e. The Labute approximate surface area is 176 Å². The molecule has 6 nitrogen and oxygen atoms in total. The fourth-order valence-electron chi connectivity index (χ4n) is 3.20. The second kappa shape index (κ2) is 10.8. The highest BCUT2D eigenvalue weighted by molar-refractivity contribution is 7.99. The quantitative estimate of drug-likeness (QED) is 0.731. The lowest BCUT2D eigenvalue weighted by atomic mass is 10.1. The molecule has 1 saturated heterocycles. The van der Waals surface area contributed by atoms with Gasteiger partial charge in [0.05, 0.1) is 13.5 Å². The van der Waals surface area contributed by atoms with E-state index >= 15 is 0 Å². The maximum atomic E-state index is 12.3. The minimum absolute atomic E-state index is 0.167. The van der Waals surface area contributed by atoms with Crippen molar-refractivity contribution < 1.29 is 14.3 Å². The van der Waals surface area contributed by atoms with E-state index in [1.807, 2.05) is 65.2 Å². The lowest BCUT2D eigenvalue weighted by molar-refractivity contribution is -0.130. The van der Waals surface area contributed by atoms with Crippen LogP contribution in [0, 0.1) is 0 Å². The zero-order valence-corrected chi connectivity index (χ0v) is 17.5. The average molecular weight is 414 g/mol. The average Bonchev–Trinajstić information content (AvgIpc) is 2.76. The van der Waals surface area contributed by atoms with Gasteiger partial charge >= 0.3 is 6.03 Å². The normalized spacial score (nSPS) is 13.6. The van der Waals surface area contributed by atoms with Crippen LogP contribution in [-0.4, -0.2) is 55.1 Å². The Balaban J connectivity index is 1.43. The Morgan fingerprint density at radius 3 is 2.52 bits per heavy atom. The summed E-state index contributed by atoms with van der Waals surface area (Å²) in [5, 5.41) is 5.67. The number of rotatable bonds is 7. The lowest BCUT2D eigenvalue weighted by Crippen LogP contribution is -2.38. The molecule has 1 aliphatic rings. The first kappa shape index (κ1) is 21.0. The summed E-state index contributed by atoms with van der Waals surface area (Å²) in [7, 11) is 1.64. The van der Waals surface area contributed by atoms with Crippen molar-refractivity contribution in [2.45, 2.75) is 12.8 Å². The number of hydrogen-bond acceptors (Lipinski definition) is 4. The number of anilines is 1. The second-order valence-corrected chi connectivity index (χ2v) is 8.03. The number of methoxy groups -OCH3 is 1. The molecule has 0 radical (unpaired) electrons. The molecule has 1 fully saturated rings. The highest BCUT2D eigenvalue weighted by Gasteiger charge is 2.16. The number of hydrogen-bond donors (Lipinski definition) is 2. The molecular weight excluding hydrogens is 386 g/mol. The van der Waals surface area contributed by atoms with Crippen molar-refractivity contribution in [3.63, 3.8) is 0 Å². The summed E-state index contributed by atoms with van der Waals surface area (Å²) in [6.45, 7) is 2.17. The zero-order chi connectivity index (χ0) is 20.5. The molecule has 0 bridgehead atoms. The lowest BCUT2D eigenvalue weighted by Gasteiger charge is -2.26. The Bertz CT molecular complexity index is 820. The zero-order valence-electron chi connectivity index (χ0n) is 16.6.